The predicted octanol–water partition coefficient (Wildman–Crippen LogP) is 5.57. The molecule has 146 valence electrons. The highest BCUT2D eigenvalue weighted by Crippen LogP contribution is 2.29. The van der Waals surface area contributed by atoms with Gasteiger partial charge in [-0.15, -0.1) is 0 Å². The molecule has 2 heterocycles. The molecule has 0 saturated heterocycles. The van der Waals surface area contributed by atoms with Gasteiger partial charge in [-0.3, -0.25) is 5.43 Å². The molecular weight excluding hydrogens is 365 g/mol. The number of anilines is 1. The Kier molecular flexibility index (Phi) is 5.27. The van der Waals surface area contributed by atoms with Crippen LogP contribution in [0.5, 0.6) is 0 Å². The summed E-state index contributed by atoms with van der Waals surface area (Å²) in [5.74, 6) is 0.243. The summed E-state index contributed by atoms with van der Waals surface area (Å²) in [5.41, 5.74) is 8.43. The number of hydrogen-bond acceptors (Lipinski definition) is 3. The summed E-state index contributed by atoms with van der Waals surface area (Å²) < 4.78 is 39.9. The van der Waals surface area contributed by atoms with Crippen LogP contribution in [0.25, 0.3) is 5.69 Å². The van der Waals surface area contributed by atoms with Crippen molar-refractivity contribution in [3.63, 3.8) is 0 Å². The van der Waals surface area contributed by atoms with Crippen LogP contribution in [-0.4, -0.2) is 15.8 Å². The van der Waals surface area contributed by atoms with Crippen LogP contribution in [0.1, 0.15) is 33.6 Å². The van der Waals surface area contributed by atoms with Crippen LogP contribution in [0.4, 0.5) is 19.0 Å². The largest absolute Gasteiger partial charge is 0.417 e. The zero-order valence-electron chi connectivity index (χ0n) is 16.1. The molecule has 28 heavy (non-hydrogen) atoms. The third kappa shape index (κ3) is 3.93. The molecule has 0 atom stereocenters. The maximum atomic E-state index is 12.6. The van der Waals surface area contributed by atoms with E-state index in [9.17, 15) is 13.2 Å². The first-order valence-corrected chi connectivity index (χ1v) is 8.76. The molecule has 0 aliphatic carbocycles. The van der Waals surface area contributed by atoms with Crippen molar-refractivity contribution in [2.75, 3.05) is 5.43 Å². The maximum Gasteiger partial charge on any atom is 0.417 e. The molecule has 0 bridgehead atoms. The highest BCUT2D eigenvalue weighted by Gasteiger charge is 2.30. The molecule has 4 nitrogen and oxygen atoms in total. The number of aryl methyl sites for hydroxylation is 2. The van der Waals surface area contributed by atoms with Gasteiger partial charge in [0.2, 0.25) is 0 Å². The number of alkyl halides is 3. The Balaban J connectivity index is 1.81. The number of benzene rings is 1. The lowest BCUT2D eigenvalue weighted by atomic mass is 10.1. The summed E-state index contributed by atoms with van der Waals surface area (Å²) in [6.07, 6.45) is -1.98. The van der Waals surface area contributed by atoms with Gasteiger partial charge in [-0.2, -0.15) is 18.3 Å². The fraction of sp³-hybridized carbons (Fsp3) is 0.238. The first-order chi connectivity index (χ1) is 13.2. The van der Waals surface area contributed by atoms with E-state index in [2.05, 4.69) is 46.1 Å². The number of pyridine rings is 1. The van der Waals surface area contributed by atoms with Crippen LogP contribution in [0.15, 0.2) is 47.7 Å². The molecule has 0 spiro atoms. The van der Waals surface area contributed by atoms with E-state index in [0.29, 0.717) is 0 Å². The number of aromatic nitrogens is 2. The van der Waals surface area contributed by atoms with Gasteiger partial charge in [0.15, 0.2) is 0 Å². The minimum atomic E-state index is -4.40. The zero-order valence-corrected chi connectivity index (χ0v) is 16.1. The Hall–Kier alpha value is -3.09. The SMILES string of the molecule is Cc1cccc(-n2c(C)cc(/C=N\Nc3ccc(C(F)(F)F)cn3)c2C)c1C. The molecule has 1 N–H and O–H groups in total. The van der Waals surface area contributed by atoms with Gasteiger partial charge in [0.1, 0.15) is 5.82 Å². The van der Waals surface area contributed by atoms with Gasteiger partial charge < -0.3 is 4.57 Å². The zero-order chi connectivity index (χ0) is 20.5. The summed E-state index contributed by atoms with van der Waals surface area (Å²) in [6.45, 7) is 8.20. The van der Waals surface area contributed by atoms with Crippen molar-refractivity contribution in [3.05, 3.63) is 76.2 Å². The monoisotopic (exact) mass is 386 g/mol. The van der Waals surface area contributed by atoms with Crippen molar-refractivity contribution in [2.24, 2.45) is 5.10 Å². The number of rotatable bonds is 4. The molecule has 2 aromatic heterocycles. The predicted molar refractivity (Wildman–Crippen MR) is 105 cm³/mol. The molecule has 3 rings (SSSR count). The van der Waals surface area contributed by atoms with Gasteiger partial charge in [0.05, 0.1) is 11.8 Å². The van der Waals surface area contributed by atoms with Crippen LogP contribution in [-0.2, 0) is 6.18 Å². The summed E-state index contributed by atoms with van der Waals surface area (Å²) >= 11 is 0. The molecule has 1 aromatic carbocycles. The number of halogens is 3. The molecule has 0 aliphatic rings. The second kappa shape index (κ2) is 7.50. The van der Waals surface area contributed by atoms with E-state index in [1.54, 1.807) is 6.21 Å². The Morgan fingerprint density at radius 2 is 1.82 bits per heavy atom. The third-order valence-corrected chi connectivity index (χ3v) is 4.76. The van der Waals surface area contributed by atoms with E-state index in [4.69, 9.17) is 0 Å². The van der Waals surface area contributed by atoms with Crippen molar-refractivity contribution in [3.8, 4) is 5.69 Å². The van der Waals surface area contributed by atoms with E-state index in [-0.39, 0.29) is 5.82 Å². The van der Waals surface area contributed by atoms with Crippen molar-refractivity contribution < 1.29 is 13.2 Å². The van der Waals surface area contributed by atoms with E-state index in [1.165, 1.54) is 17.2 Å². The number of nitrogens with zero attached hydrogens (tertiary/aromatic N) is 3. The van der Waals surface area contributed by atoms with Crippen LogP contribution < -0.4 is 5.43 Å². The molecule has 0 saturated carbocycles. The summed E-state index contributed by atoms with van der Waals surface area (Å²) in [7, 11) is 0. The summed E-state index contributed by atoms with van der Waals surface area (Å²) in [6, 6.07) is 10.4. The number of hydrazone groups is 1. The first kappa shape index (κ1) is 19.7. The Bertz CT molecular complexity index is 1020. The summed E-state index contributed by atoms with van der Waals surface area (Å²) in [4.78, 5) is 3.74. The fourth-order valence-corrected chi connectivity index (χ4v) is 3.06. The van der Waals surface area contributed by atoms with Crippen molar-refractivity contribution in [1.29, 1.82) is 0 Å². The number of hydrogen-bond donors (Lipinski definition) is 1. The van der Waals surface area contributed by atoms with Crippen LogP contribution in [0, 0.1) is 27.7 Å². The Morgan fingerprint density at radius 1 is 1.07 bits per heavy atom. The topological polar surface area (TPSA) is 42.2 Å². The molecule has 0 fully saturated rings. The van der Waals surface area contributed by atoms with Crippen LogP contribution in [0.3, 0.4) is 0 Å². The van der Waals surface area contributed by atoms with E-state index in [0.717, 1.165) is 34.9 Å². The van der Waals surface area contributed by atoms with Gasteiger partial charge in [0, 0.05) is 28.8 Å². The first-order valence-electron chi connectivity index (χ1n) is 8.76. The second-order valence-corrected chi connectivity index (χ2v) is 6.68. The summed E-state index contributed by atoms with van der Waals surface area (Å²) in [5, 5.41) is 4.12. The molecule has 3 aromatic rings. The lowest BCUT2D eigenvalue weighted by Crippen LogP contribution is -2.05. The van der Waals surface area contributed by atoms with Crippen molar-refractivity contribution >= 4 is 12.0 Å². The van der Waals surface area contributed by atoms with Crippen LogP contribution >= 0.6 is 0 Å². The van der Waals surface area contributed by atoms with Crippen molar-refractivity contribution in [2.45, 2.75) is 33.9 Å². The molecule has 7 heteroatoms. The lowest BCUT2D eigenvalue weighted by molar-refractivity contribution is -0.137. The molecule has 0 amide bonds. The van der Waals surface area contributed by atoms with E-state index < -0.39 is 11.7 Å². The van der Waals surface area contributed by atoms with Gasteiger partial charge in [-0.25, -0.2) is 4.98 Å². The average molecular weight is 386 g/mol. The van der Waals surface area contributed by atoms with Gasteiger partial charge >= 0.3 is 6.18 Å². The fourth-order valence-electron chi connectivity index (χ4n) is 3.06. The third-order valence-electron chi connectivity index (χ3n) is 4.76. The normalized spacial score (nSPS) is 12.0. The maximum absolute atomic E-state index is 12.6. The Morgan fingerprint density at radius 3 is 2.46 bits per heavy atom. The van der Waals surface area contributed by atoms with Gasteiger partial charge in [-0.1, -0.05) is 12.1 Å². The smallest absolute Gasteiger partial charge is 0.318 e. The minimum Gasteiger partial charge on any atom is -0.318 e. The molecule has 0 aliphatic heterocycles. The average Bonchev–Trinajstić information content (AvgIpc) is 2.91. The molecular formula is C21H21F3N4. The minimum absolute atomic E-state index is 0.243. The second-order valence-electron chi connectivity index (χ2n) is 6.68. The highest BCUT2D eigenvalue weighted by molar-refractivity contribution is 5.82. The van der Waals surface area contributed by atoms with Gasteiger partial charge in [0.25, 0.3) is 0 Å². The van der Waals surface area contributed by atoms with E-state index >= 15 is 0 Å². The van der Waals surface area contributed by atoms with Crippen molar-refractivity contribution in [1.82, 2.24) is 9.55 Å². The standard InChI is InChI=1S/C21H21F3N4/c1-13-6-5-7-19(15(13)3)28-14(2)10-17(16(28)4)11-26-27-20-9-8-18(12-25-20)21(22,23)24/h5-12H,1-4H3,(H,25,27)/b26-11-. The van der Waals surface area contributed by atoms with E-state index in [1.807, 2.05) is 26.0 Å². The van der Waals surface area contributed by atoms with Crippen LogP contribution in [0.2, 0.25) is 0 Å². The highest BCUT2D eigenvalue weighted by atomic mass is 19.4. The number of nitrogens with one attached hydrogen (secondary N) is 1. The lowest BCUT2D eigenvalue weighted by Gasteiger charge is -2.14. The molecule has 0 radical (unpaired) electrons. The molecule has 0 unspecified atom stereocenters. The van der Waals surface area contributed by atoms with Gasteiger partial charge in [-0.05, 0) is 63.1 Å². The quantitative estimate of drug-likeness (QED) is 0.470. The Labute approximate surface area is 161 Å².